The summed E-state index contributed by atoms with van der Waals surface area (Å²) in [4.78, 5) is 10.6. The summed E-state index contributed by atoms with van der Waals surface area (Å²) < 4.78 is 27.3. The molecule has 0 bridgehead atoms. The molecule has 6 nitrogen and oxygen atoms in total. The second-order valence-corrected chi connectivity index (χ2v) is 7.38. The third kappa shape index (κ3) is 3.29. The first kappa shape index (κ1) is 16.2. The van der Waals surface area contributed by atoms with Crippen LogP contribution in [0.1, 0.15) is 0 Å². The molecule has 0 saturated carbocycles. The molecule has 0 aliphatic heterocycles. The van der Waals surface area contributed by atoms with Gasteiger partial charge in [-0.25, -0.2) is 8.42 Å². The van der Waals surface area contributed by atoms with E-state index in [-0.39, 0.29) is 10.6 Å². The molecule has 3 aromatic rings. The topological polar surface area (TPSA) is 89.3 Å². The lowest BCUT2D eigenvalue weighted by Gasteiger charge is -2.09. The average molecular weight is 360 g/mol. The predicted octanol–water partition coefficient (Wildman–Crippen LogP) is 4.12. The summed E-state index contributed by atoms with van der Waals surface area (Å²) in [5, 5.41) is 14.9. The number of thiophene rings is 1. The third-order valence-corrected chi connectivity index (χ3v) is 5.40. The van der Waals surface area contributed by atoms with E-state index in [1.54, 1.807) is 47.2 Å². The van der Waals surface area contributed by atoms with E-state index in [4.69, 9.17) is 0 Å². The number of nitro groups is 1. The van der Waals surface area contributed by atoms with E-state index >= 15 is 0 Å². The first-order chi connectivity index (χ1) is 11.5. The molecule has 0 radical (unpaired) electrons. The molecule has 24 heavy (non-hydrogen) atoms. The van der Waals surface area contributed by atoms with Crippen LogP contribution in [0.5, 0.6) is 0 Å². The molecule has 0 aliphatic rings. The minimum Gasteiger partial charge on any atom is -0.280 e. The number of para-hydroxylation sites is 1. The first-order valence-corrected chi connectivity index (χ1v) is 9.29. The van der Waals surface area contributed by atoms with E-state index in [9.17, 15) is 18.5 Å². The van der Waals surface area contributed by atoms with Gasteiger partial charge >= 0.3 is 0 Å². The monoisotopic (exact) mass is 360 g/mol. The summed E-state index contributed by atoms with van der Waals surface area (Å²) in [5.41, 5.74) is 1.22. The molecule has 122 valence electrons. The molecule has 0 fully saturated rings. The highest BCUT2D eigenvalue weighted by Crippen LogP contribution is 2.33. The van der Waals surface area contributed by atoms with Crippen LogP contribution in [0.25, 0.3) is 11.1 Å². The molecule has 1 N–H and O–H groups in total. The highest BCUT2D eigenvalue weighted by molar-refractivity contribution is 7.92. The Bertz CT molecular complexity index is 969. The van der Waals surface area contributed by atoms with Crippen LogP contribution in [0.15, 0.2) is 70.3 Å². The molecule has 8 heteroatoms. The van der Waals surface area contributed by atoms with Crippen molar-refractivity contribution in [3.8, 4) is 11.1 Å². The van der Waals surface area contributed by atoms with Crippen molar-refractivity contribution in [1.29, 1.82) is 0 Å². The normalized spacial score (nSPS) is 11.2. The van der Waals surface area contributed by atoms with E-state index in [1.165, 1.54) is 23.5 Å². The Morgan fingerprint density at radius 3 is 2.42 bits per heavy atom. The number of hydrogen-bond donors (Lipinski definition) is 1. The van der Waals surface area contributed by atoms with Crippen LogP contribution in [-0.2, 0) is 10.0 Å². The van der Waals surface area contributed by atoms with E-state index in [2.05, 4.69) is 4.72 Å². The molecule has 0 aliphatic carbocycles. The zero-order chi connectivity index (χ0) is 17.2. The van der Waals surface area contributed by atoms with Crippen molar-refractivity contribution in [1.82, 2.24) is 0 Å². The Balaban J connectivity index is 2.03. The Kier molecular flexibility index (Phi) is 4.32. The SMILES string of the molecule is O=[N+]([O-])c1cc(S(=O)(=O)Nc2ccccc2)ccc1-c1ccsc1. The zero-order valence-electron chi connectivity index (χ0n) is 12.2. The highest BCUT2D eigenvalue weighted by Gasteiger charge is 2.22. The smallest absolute Gasteiger partial charge is 0.278 e. The third-order valence-electron chi connectivity index (χ3n) is 3.33. The molecule has 1 heterocycles. The quantitative estimate of drug-likeness (QED) is 0.547. The fourth-order valence-electron chi connectivity index (χ4n) is 2.21. The molecule has 0 saturated heterocycles. The minimum atomic E-state index is -3.91. The largest absolute Gasteiger partial charge is 0.280 e. The summed E-state index contributed by atoms with van der Waals surface area (Å²) >= 11 is 1.41. The maximum Gasteiger partial charge on any atom is 0.278 e. The number of anilines is 1. The van der Waals surface area contributed by atoms with Gasteiger partial charge in [0, 0.05) is 11.8 Å². The summed E-state index contributed by atoms with van der Waals surface area (Å²) in [6.07, 6.45) is 0. The van der Waals surface area contributed by atoms with Gasteiger partial charge in [-0.3, -0.25) is 14.8 Å². The number of benzene rings is 2. The molecule has 2 aromatic carbocycles. The molecule has 0 spiro atoms. The van der Waals surface area contributed by atoms with Crippen LogP contribution >= 0.6 is 11.3 Å². The standard InChI is InChI=1S/C16H12N2O4S2/c19-18(20)16-10-14(6-7-15(16)12-8-9-23-11-12)24(21,22)17-13-4-2-1-3-5-13/h1-11,17H. The number of rotatable bonds is 5. The van der Waals surface area contributed by atoms with Gasteiger partial charge in [-0.1, -0.05) is 18.2 Å². The molecular formula is C16H12N2O4S2. The number of nitro benzene ring substituents is 1. The van der Waals surface area contributed by atoms with Gasteiger partial charge in [0.05, 0.1) is 15.4 Å². The molecule has 0 unspecified atom stereocenters. The summed E-state index contributed by atoms with van der Waals surface area (Å²) in [5.74, 6) is 0. The fraction of sp³-hybridized carbons (Fsp3) is 0. The lowest BCUT2D eigenvalue weighted by Crippen LogP contribution is -2.13. The fourth-order valence-corrected chi connectivity index (χ4v) is 3.95. The van der Waals surface area contributed by atoms with Crippen molar-refractivity contribution in [3.63, 3.8) is 0 Å². The summed E-state index contributed by atoms with van der Waals surface area (Å²) in [7, 11) is -3.91. The average Bonchev–Trinajstić information content (AvgIpc) is 3.09. The van der Waals surface area contributed by atoms with E-state index < -0.39 is 14.9 Å². The zero-order valence-corrected chi connectivity index (χ0v) is 13.9. The van der Waals surface area contributed by atoms with E-state index in [0.29, 0.717) is 16.8 Å². The van der Waals surface area contributed by atoms with Crippen LogP contribution in [-0.4, -0.2) is 13.3 Å². The van der Waals surface area contributed by atoms with Crippen LogP contribution in [0, 0.1) is 10.1 Å². The van der Waals surface area contributed by atoms with Crippen molar-refractivity contribution in [2.24, 2.45) is 0 Å². The molecule has 0 amide bonds. The van der Waals surface area contributed by atoms with Crippen molar-refractivity contribution in [2.45, 2.75) is 4.90 Å². The Morgan fingerprint density at radius 1 is 1.04 bits per heavy atom. The molecule has 0 atom stereocenters. The Morgan fingerprint density at radius 2 is 1.79 bits per heavy atom. The molecular weight excluding hydrogens is 348 g/mol. The second kappa shape index (κ2) is 6.42. The second-order valence-electron chi connectivity index (χ2n) is 4.92. The Hall–Kier alpha value is -2.71. The van der Waals surface area contributed by atoms with Crippen molar-refractivity contribution < 1.29 is 13.3 Å². The van der Waals surface area contributed by atoms with Gasteiger partial charge in [0.1, 0.15) is 0 Å². The van der Waals surface area contributed by atoms with Gasteiger partial charge in [-0.15, -0.1) is 0 Å². The van der Waals surface area contributed by atoms with Gasteiger partial charge in [0.15, 0.2) is 0 Å². The van der Waals surface area contributed by atoms with Gasteiger partial charge < -0.3 is 0 Å². The van der Waals surface area contributed by atoms with Gasteiger partial charge in [0.25, 0.3) is 15.7 Å². The van der Waals surface area contributed by atoms with Crippen LogP contribution in [0.2, 0.25) is 0 Å². The van der Waals surface area contributed by atoms with E-state index in [1.807, 2.05) is 0 Å². The predicted molar refractivity (Wildman–Crippen MR) is 93.7 cm³/mol. The van der Waals surface area contributed by atoms with Gasteiger partial charge in [-0.05, 0) is 46.7 Å². The van der Waals surface area contributed by atoms with Crippen molar-refractivity contribution >= 4 is 32.7 Å². The summed E-state index contributed by atoms with van der Waals surface area (Å²) in [6.45, 7) is 0. The summed E-state index contributed by atoms with van der Waals surface area (Å²) in [6, 6.07) is 14.0. The van der Waals surface area contributed by atoms with Crippen LogP contribution < -0.4 is 4.72 Å². The van der Waals surface area contributed by atoms with Crippen molar-refractivity contribution in [2.75, 3.05) is 4.72 Å². The van der Waals surface area contributed by atoms with Gasteiger partial charge in [-0.2, -0.15) is 11.3 Å². The van der Waals surface area contributed by atoms with Crippen LogP contribution in [0.4, 0.5) is 11.4 Å². The van der Waals surface area contributed by atoms with Gasteiger partial charge in [0.2, 0.25) is 0 Å². The van der Waals surface area contributed by atoms with Crippen LogP contribution in [0.3, 0.4) is 0 Å². The Labute approximate surface area is 142 Å². The number of hydrogen-bond acceptors (Lipinski definition) is 5. The lowest BCUT2D eigenvalue weighted by molar-refractivity contribution is -0.384. The highest BCUT2D eigenvalue weighted by atomic mass is 32.2. The first-order valence-electron chi connectivity index (χ1n) is 6.86. The molecule has 3 rings (SSSR count). The van der Waals surface area contributed by atoms with Crippen molar-refractivity contribution in [3.05, 3.63) is 75.5 Å². The van der Waals surface area contributed by atoms with E-state index in [0.717, 1.165) is 6.07 Å². The number of nitrogens with one attached hydrogen (secondary N) is 1. The number of nitrogens with zero attached hydrogens (tertiary/aromatic N) is 1. The minimum absolute atomic E-state index is 0.156. The molecule has 1 aromatic heterocycles. The lowest BCUT2D eigenvalue weighted by atomic mass is 10.1. The maximum atomic E-state index is 12.4. The maximum absolute atomic E-state index is 12.4. The number of sulfonamides is 1.